The molecule has 1 aromatic carbocycles. The van der Waals surface area contributed by atoms with Crippen LogP contribution in [0.15, 0.2) is 48.6 Å². The molecule has 1 spiro atoms. The Morgan fingerprint density at radius 1 is 1.05 bits per heavy atom. The van der Waals surface area contributed by atoms with Crippen molar-refractivity contribution in [3.05, 3.63) is 48.6 Å². The molecule has 0 saturated carbocycles. The van der Waals surface area contributed by atoms with Crippen LogP contribution in [-0.2, 0) is 19.1 Å². The number of ether oxygens (including phenoxy) is 1. The Labute approximate surface area is 247 Å². The van der Waals surface area contributed by atoms with E-state index in [0.29, 0.717) is 13.2 Å². The molecule has 0 aliphatic carbocycles. The van der Waals surface area contributed by atoms with Gasteiger partial charge in [-0.1, -0.05) is 38.2 Å². The lowest BCUT2D eigenvalue weighted by Gasteiger charge is -2.41. The maximum atomic E-state index is 14.7. The van der Waals surface area contributed by atoms with E-state index >= 15 is 0 Å². The highest BCUT2D eigenvalue weighted by Crippen LogP contribution is 2.65. The normalized spacial score (nSPS) is 32.9. The van der Waals surface area contributed by atoms with Crippen molar-refractivity contribution < 1.29 is 24.2 Å². The zero-order valence-corrected chi connectivity index (χ0v) is 25.6. The van der Waals surface area contributed by atoms with Crippen molar-refractivity contribution in [2.75, 3.05) is 42.6 Å². The minimum absolute atomic E-state index is 0.0922. The van der Waals surface area contributed by atoms with Gasteiger partial charge in [-0.2, -0.15) is 0 Å². The number of amides is 2. The highest BCUT2D eigenvalue weighted by molar-refractivity contribution is 8.02. The van der Waals surface area contributed by atoms with Crippen LogP contribution in [0.25, 0.3) is 0 Å². The number of nitrogens with zero attached hydrogens (tertiary/aromatic N) is 3. The summed E-state index contributed by atoms with van der Waals surface area (Å²) in [6.07, 6.45) is 9.62. The smallest absolute Gasteiger partial charge is 0.311 e. The minimum atomic E-state index is -0.978. The number of hydrogen-bond acceptors (Lipinski definition) is 7. The lowest BCUT2D eigenvalue weighted by atomic mass is 9.74. The number of carbonyl (C=O) groups excluding carboxylic acids is 3. The third-order valence-electron chi connectivity index (χ3n) is 9.29. The van der Waals surface area contributed by atoms with Gasteiger partial charge in [0.1, 0.15) is 6.04 Å². The number of fused-ring (bicyclic) bond motifs is 2. The zero-order valence-electron chi connectivity index (χ0n) is 24.8. The summed E-state index contributed by atoms with van der Waals surface area (Å²) in [5, 5.41) is 10.5. The summed E-state index contributed by atoms with van der Waals surface area (Å²) in [5.74, 6) is -2.46. The fraction of sp³-hybridized carbons (Fsp3) is 0.594. The van der Waals surface area contributed by atoms with E-state index in [1.165, 1.54) is 11.8 Å². The Hall–Kier alpha value is -2.78. The highest BCUT2D eigenvalue weighted by Gasteiger charge is 2.74. The van der Waals surface area contributed by atoms with E-state index in [9.17, 15) is 19.5 Å². The number of thioether (sulfide) groups is 1. The minimum Gasteiger partial charge on any atom is -0.465 e. The molecule has 4 aliphatic rings. The van der Waals surface area contributed by atoms with E-state index in [2.05, 4.69) is 30.9 Å². The number of likely N-dealkylation sites (tertiary alicyclic amines) is 1. The van der Waals surface area contributed by atoms with Gasteiger partial charge >= 0.3 is 5.97 Å². The van der Waals surface area contributed by atoms with Crippen molar-refractivity contribution in [1.29, 1.82) is 0 Å². The number of hydrogen-bond donors (Lipinski definition) is 1. The van der Waals surface area contributed by atoms with Gasteiger partial charge in [-0.15, -0.1) is 11.8 Å². The molecular weight excluding hydrogens is 538 g/mol. The molecule has 2 saturated heterocycles. The number of anilines is 2. The number of aliphatic hydroxyl groups is 1. The first-order chi connectivity index (χ1) is 19.6. The summed E-state index contributed by atoms with van der Waals surface area (Å²) in [6, 6.07) is 6.54. The molecule has 8 nitrogen and oxygen atoms in total. The van der Waals surface area contributed by atoms with Gasteiger partial charge in [0, 0.05) is 35.8 Å². The molecule has 0 bridgehead atoms. The zero-order chi connectivity index (χ0) is 29.5. The predicted molar refractivity (Wildman–Crippen MR) is 163 cm³/mol. The van der Waals surface area contributed by atoms with Crippen molar-refractivity contribution in [2.45, 2.75) is 69.0 Å². The number of allylic oxidation sites excluding steroid dienone is 1. The average molecular weight is 582 g/mol. The van der Waals surface area contributed by atoms with Crippen LogP contribution in [0.4, 0.5) is 11.4 Å². The van der Waals surface area contributed by atoms with Gasteiger partial charge in [-0.05, 0) is 63.8 Å². The first kappa shape index (κ1) is 29.7. The molecule has 2 fully saturated rings. The van der Waals surface area contributed by atoms with Crippen molar-refractivity contribution in [2.24, 2.45) is 17.8 Å². The standard InChI is InChI=1S/C32H43N3O5S/c1-6-33(7-2)22-12-14-23(15-13-22)34-18-11-17-32-25(26-30(39)40-19-10-8-9-16-31(26,5)41-32)28(37)35(27(32)29(34)38)24(20-36)21(3)4/h9,11-17,21,24-27,36H,6-8,10,18-20H2,1-5H3/b16-9-/t24-,25-,26+,27?,31-,32-/m0/s1. The summed E-state index contributed by atoms with van der Waals surface area (Å²) in [6.45, 7) is 12.3. The van der Waals surface area contributed by atoms with E-state index in [1.807, 2.05) is 57.2 Å². The van der Waals surface area contributed by atoms with E-state index < -0.39 is 33.4 Å². The van der Waals surface area contributed by atoms with Crippen molar-refractivity contribution in [3.63, 3.8) is 0 Å². The molecule has 9 heteroatoms. The molecule has 2 amide bonds. The summed E-state index contributed by atoms with van der Waals surface area (Å²) in [4.78, 5) is 48.5. The quantitative estimate of drug-likeness (QED) is 0.384. The van der Waals surface area contributed by atoms with Crippen LogP contribution in [-0.4, -0.2) is 82.2 Å². The first-order valence-corrected chi connectivity index (χ1v) is 15.8. The highest BCUT2D eigenvalue weighted by atomic mass is 32.2. The van der Waals surface area contributed by atoms with Crippen molar-refractivity contribution in [3.8, 4) is 0 Å². The first-order valence-electron chi connectivity index (χ1n) is 14.9. The molecule has 4 aliphatic heterocycles. The molecule has 5 rings (SSSR count). The van der Waals surface area contributed by atoms with Crippen LogP contribution in [0.3, 0.4) is 0 Å². The van der Waals surface area contributed by atoms with Gasteiger partial charge in [0.05, 0.1) is 35.8 Å². The Bertz CT molecular complexity index is 1230. The molecule has 4 heterocycles. The third-order valence-corrected chi connectivity index (χ3v) is 11.1. The molecule has 1 unspecified atom stereocenters. The van der Waals surface area contributed by atoms with Gasteiger partial charge in [0.25, 0.3) is 5.91 Å². The lowest BCUT2D eigenvalue weighted by molar-refractivity contribution is -0.154. The van der Waals surface area contributed by atoms with Crippen LogP contribution in [0, 0.1) is 17.8 Å². The second-order valence-corrected chi connectivity index (χ2v) is 13.8. The maximum absolute atomic E-state index is 14.7. The SMILES string of the molecule is CCN(CC)c1ccc(N2CC=C[C@]34S[C@@]5(C)/C=C\CCCOC(=O)[C@H]5[C@H]3C(=O)N([C@@H](CO)C(C)C)C4C2=O)cc1. The second-order valence-electron chi connectivity index (χ2n) is 12.0. The molecule has 222 valence electrons. The van der Waals surface area contributed by atoms with E-state index in [1.54, 1.807) is 9.80 Å². The number of carbonyl (C=O) groups is 3. The monoisotopic (exact) mass is 581 g/mol. The second kappa shape index (κ2) is 11.5. The number of cyclic esters (lactones) is 1. The van der Waals surface area contributed by atoms with Gasteiger partial charge < -0.3 is 24.5 Å². The van der Waals surface area contributed by atoms with Gasteiger partial charge in [0.2, 0.25) is 5.91 Å². The molecule has 1 aromatic rings. The van der Waals surface area contributed by atoms with Crippen molar-refractivity contribution in [1.82, 2.24) is 4.90 Å². The van der Waals surface area contributed by atoms with Crippen molar-refractivity contribution >= 4 is 40.9 Å². The fourth-order valence-electron chi connectivity index (χ4n) is 7.22. The summed E-state index contributed by atoms with van der Waals surface area (Å²) in [5.41, 5.74) is 1.84. The Morgan fingerprint density at radius 3 is 2.39 bits per heavy atom. The molecule has 1 N–H and O–H groups in total. The molecule has 41 heavy (non-hydrogen) atoms. The topological polar surface area (TPSA) is 90.4 Å². The van der Waals surface area contributed by atoms with Crippen LogP contribution >= 0.6 is 11.8 Å². The maximum Gasteiger partial charge on any atom is 0.311 e. The summed E-state index contributed by atoms with van der Waals surface area (Å²) >= 11 is 1.54. The van der Waals surface area contributed by atoms with E-state index in [-0.39, 0.29) is 30.3 Å². The Kier molecular flexibility index (Phi) is 8.32. The number of esters is 1. The van der Waals surface area contributed by atoms with Crippen LogP contribution in [0.5, 0.6) is 0 Å². The van der Waals surface area contributed by atoms with E-state index in [0.717, 1.165) is 37.3 Å². The number of aliphatic hydroxyl groups excluding tert-OH is 1. The third kappa shape index (κ3) is 4.79. The summed E-state index contributed by atoms with van der Waals surface area (Å²) in [7, 11) is 0. The number of benzene rings is 1. The lowest BCUT2D eigenvalue weighted by Crippen LogP contribution is -2.58. The van der Waals surface area contributed by atoms with Gasteiger partial charge in [-0.3, -0.25) is 14.4 Å². The molecule has 0 radical (unpaired) electrons. The average Bonchev–Trinajstić information content (AvgIpc) is 3.29. The van der Waals surface area contributed by atoms with Crippen LogP contribution < -0.4 is 9.80 Å². The Morgan fingerprint density at radius 2 is 1.76 bits per heavy atom. The summed E-state index contributed by atoms with van der Waals surface area (Å²) < 4.78 is 4.01. The predicted octanol–water partition coefficient (Wildman–Crippen LogP) is 4.03. The fourth-order valence-corrected chi connectivity index (χ4v) is 9.35. The van der Waals surface area contributed by atoms with Crippen LogP contribution in [0.2, 0.25) is 0 Å². The Balaban J connectivity index is 1.62. The number of rotatable bonds is 7. The molecule has 0 aromatic heterocycles. The van der Waals surface area contributed by atoms with Gasteiger partial charge in [-0.25, -0.2) is 0 Å². The molecule has 6 atom stereocenters. The van der Waals surface area contributed by atoms with Gasteiger partial charge in [0.15, 0.2) is 0 Å². The molecular formula is C32H43N3O5S. The van der Waals surface area contributed by atoms with E-state index in [4.69, 9.17) is 4.74 Å². The van der Waals surface area contributed by atoms with Crippen LogP contribution in [0.1, 0.15) is 47.5 Å². The largest absolute Gasteiger partial charge is 0.465 e.